The Balaban J connectivity index is 2.72. The first-order chi connectivity index (χ1) is 7.72. The molecule has 0 aromatic carbocycles. The fraction of sp³-hybridized carbons (Fsp3) is 0.556. The number of amides is 1. The van der Waals surface area contributed by atoms with Gasteiger partial charge >= 0.3 is 0 Å². The third-order valence-electron chi connectivity index (χ3n) is 1.94. The van der Waals surface area contributed by atoms with Crippen molar-refractivity contribution >= 4 is 5.91 Å². The Hall–Kier alpha value is -1.60. The van der Waals surface area contributed by atoms with Gasteiger partial charge in [-0.15, -0.1) is 0 Å². The SMILES string of the molecule is COc1cc(C(=O)N(CCO)CCO)on1. The lowest BCUT2D eigenvalue weighted by atomic mass is 10.3. The molecule has 1 amide bonds. The molecule has 1 rings (SSSR count). The second-order valence-electron chi connectivity index (χ2n) is 2.97. The van der Waals surface area contributed by atoms with E-state index in [2.05, 4.69) is 5.16 Å². The van der Waals surface area contributed by atoms with Gasteiger partial charge in [-0.05, 0) is 5.16 Å². The van der Waals surface area contributed by atoms with Crippen molar-refractivity contribution < 1.29 is 24.3 Å². The van der Waals surface area contributed by atoms with E-state index in [0.717, 1.165) is 0 Å². The van der Waals surface area contributed by atoms with Gasteiger partial charge in [-0.3, -0.25) is 4.79 Å². The summed E-state index contributed by atoms with van der Waals surface area (Å²) in [6.07, 6.45) is 0. The molecule has 7 nitrogen and oxygen atoms in total. The number of methoxy groups -OCH3 is 1. The summed E-state index contributed by atoms with van der Waals surface area (Å²) in [7, 11) is 1.41. The average Bonchev–Trinajstić information content (AvgIpc) is 2.76. The molecule has 1 aromatic rings. The van der Waals surface area contributed by atoms with Crippen LogP contribution >= 0.6 is 0 Å². The van der Waals surface area contributed by atoms with Gasteiger partial charge in [0, 0.05) is 13.1 Å². The molecule has 1 aromatic heterocycles. The number of ether oxygens (including phenoxy) is 1. The third kappa shape index (κ3) is 2.94. The number of nitrogens with zero attached hydrogens (tertiary/aromatic N) is 2. The monoisotopic (exact) mass is 230 g/mol. The zero-order valence-corrected chi connectivity index (χ0v) is 8.92. The molecule has 1 heterocycles. The molecule has 0 aliphatic rings. The van der Waals surface area contributed by atoms with Crippen LogP contribution in [0.1, 0.15) is 10.6 Å². The number of aliphatic hydroxyl groups excluding tert-OH is 2. The minimum absolute atomic E-state index is 0.0127. The Morgan fingerprint density at radius 1 is 1.50 bits per heavy atom. The van der Waals surface area contributed by atoms with E-state index in [1.807, 2.05) is 0 Å². The lowest BCUT2D eigenvalue weighted by Gasteiger charge is -2.18. The van der Waals surface area contributed by atoms with Crippen LogP contribution in [0.25, 0.3) is 0 Å². The summed E-state index contributed by atoms with van der Waals surface area (Å²) >= 11 is 0. The molecule has 0 atom stereocenters. The van der Waals surface area contributed by atoms with Gasteiger partial charge in [0.25, 0.3) is 11.8 Å². The summed E-state index contributed by atoms with van der Waals surface area (Å²) in [5.41, 5.74) is 0. The number of hydrogen-bond acceptors (Lipinski definition) is 6. The molecule has 0 bridgehead atoms. The van der Waals surface area contributed by atoms with Crippen LogP contribution in [-0.4, -0.2) is 59.6 Å². The number of aromatic nitrogens is 1. The summed E-state index contributed by atoms with van der Waals surface area (Å²) in [4.78, 5) is 13.0. The van der Waals surface area contributed by atoms with E-state index in [0.29, 0.717) is 0 Å². The molecule has 90 valence electrons. The number of aliphatic hydroxyl groups is 2. The highest BCUT2D eigenvalue weighted by Gasteiger charge is 2.19. The van der Waals surface area contributed by atoms with E-state index in [-0.39, 0.29) is 37.9 Å². The van der Waals surface area contributed by atoms with Gasteiger partial charge in [0.05, 0.1) is 26.4 Å². The predicted molar refractivity (Wildman–Crippen MR) is 53.1 cm³/mol. The van der Waals surface area contributed by atoms with Crippen LogP contribution in [0.5, 0.6) is 5.88 Å². The van der Waals surface area contributed by atoms with Crippen LogP contribution in [0.15, 0.2) is 10.6 Å². The fourth-order valence-electron chi connectivity index (χ4n) is 1.17. The lowest BCUT2D eigenvalue weighted by molar-refractivity contribution is 0.0644. The van der Waals surface area contributed by atoms with Crippen LogP contribution in [0.3, 0.4) is 0 Å². The first kappa shape index (κ1) is 12.5. The van der Waals surface area contributed by atoms with Crippen molar-refractivity contribution in [3.05, 3.63) is 11.8 Å². The summed E-state index contributed by atoms with van der Waals surface area (Å²) in [6.45, 7) is -0.112. The highest BCUT2D eigenvalue weighted by Crippen LogP contribution is 2.12. The Kier molecular flexibility index (Phi) is 4.74. The first-order valence-corrected chi connectivity index (χ1v) is 4.74. The van der Waals surface area contributed by atoms with Crippen LogP contribution in [0, 0.1) is 0 Å². The van der Waals surface area contributed by atoms with E-state index >= 15 is 0 Å². The molecular weight excluding hydrogens is 216 g/mol. The van der Waals surface area contributed by atoms with Crippen molar-refractivity contribution in [1.29, 1.82) is 0 Å². The zero-order valence-electron chi connectivity index (χ0n) is 8.92. The Bertz CT molecular complexity index is 332. The summed E-state index contributed by atoms with van der Waals surface area (Å²) in [5, 5.41) is 21.0. The summed E-state index contributed by atoms with van der Waals surface area (Å²) < 4.78 is 9.53. The van der Waals surface area contributed by atoms with E-state index in [1.54, 1.807) is 0 Å². The van der Waals surface area contributed by atoms with E-state index in [1.165, 1.54) is 18.1 Å². The van der Waals surface area contributed by atoms with Crippen LogP contribution in [0.2, 0.25) is 0 Å². The fourth-order valence-corrected chi connectivity index (χ4v) is 1.17. The van der Waals surface area contributed by atoms with Crippen LogP contribution in [0.4, 0.5) is 0 Å². The first-order valence-electron chi connectivity index (χ1n) is 4.74. The van der Waals surface area contributed by atoms with Gasteiger partial charge in [-0.25, -0.2) is 0 Å². The maximum atomic E-state index is 11.8. The molecular formula is C9H14N2O5. The van der Waals surface area contributed by atoms with Crippen molar-refractivity contribution in [1.82, 2.24) is 10.1 Å². The quantitative estimate of drug-likeness (QED) is 0.658. The summed E-state index contributed by atoms with van der Waals surface area (Å²) in [6, 6.07) is 1.35. The third-order valence-corrected chi connectivity index (χ3v) is 1.94. The largest absolute Gasteiger partial charge is 0.479 e. The van der Waals surface area contributed by atoms with E-state index < -0.39 is 5.91 Å². The number of rotatable bonds is 6. The van der Waals surface area contributed by atoms with Crippen LogP contribution < -0.4 is 4.74 Å². The van der Waals surface area contributed by atoms with Crippen LogP contribution in [-0.2, 0) is 0 Å². The Labute approximate surface area is 92.2 Å². The molecule has 0 saturated carbocycles. The normalized spacial score (nSPS) is 10.2. The molecule has 7 heteroatoms. The second-order valence-corrected chi connectivity index (χ2v) is 2.97. The molecule has 2 N–H and O–H groups in total. The molecule has 16 heavy (non-hydrogen) atoms. The maximum Gasteiger partial charge on any atom is 0.292 e. The van der Waals surface area contributed by atoms with Gasteiger partial charge in [0.15, 0.2) is 0 Å². The minimum Gasteiger partial charge on any atom is -0.479 e. The van der Waals surface area contributed by atoms with Crippen molar-refractivity contribution in [2.24, 2.45) is 0 Å². The topological polar surface area (TPSA) is 96.0 Å². The molecule has 0 aliphatic heterocycles. The standard InChI is InChI=1S/C9H14N2O5/c1-15-8-6-7(16-10-8)9(14)11(2-4-12)3-5-13/h6,12-13H,2-5H2,1H3. The van der Waals surface area contributed by atoms with Gasteiger partial charge in [0.2, 0.25) is 5.76 Å². The van der Waals surface area contributed by atoms with E-state index in [9.17, 15) is 4.79 Å². The van der Waals surface area contributed by atoms with Crippen molar-refractivity contribution in [2.75, 3.05) is 33.4 Å². The number of hydrogen-bond donors (Lipinski definition) is 2. The van der Waals surface area contributed by atoms with Gasteiger partial charge in [-0.2, -0.15) is 0 Å². The highest BCUT2D eigenvalue weighted by atomic mass is 16.5. The minimum atomic E-state index is -0.445. The predicted octanol–water partition coefficient (Wildman–Crippen LogP) is -0.890. The van der Waals surface area contributed by atoms with E-state index in [4.69, 9.17) is 19.5 Å². The van der Waals surface area contributed by atoms with Crippen molar-refractivity contribution in [3.63, 3.8) is 0 Å². The Morgan fingerprint density at radius 3 is 2.56 bits per heavy atom. The van der Waals surface area contributed by atoms with Gasteiger partial charge in [-0.1, -0.05) is 0 Å². The maximum absolute atomic E-state index is 11.8. The molecule has 0 radical (unpaired) electrons. The summed E-state index contributed by atoms with van der Waals surface area (Å²) in [5.74, 6) is -0.228. The molecule has 0 fully saturated rings. The van der Waals surface area contributed by atoms with Crippen molar-refractivity contribution in [2.45, 2.75) is 0 Å². The smallest absolute Gasteiger partial charge is 0.292 e. The number of carbonyl (C=O) groups is 1. The average molecular weight is 230 g/mol. The second kappa shape index (κ2) is 6.09. The molecule has 0 saturated heterocycles. The Morgan fingerprint density at radius 2 is 2.12 bits per heavy atom. The van der Waals surface area contributed by atoms with Crippen molar-refractivity contribution in [3.8, 4) is 5.88 Å². The lowest BCUT2D eigenvalue weighted by Crippen LogP contribution is -2.35. The number of carbonyl (C=O) groups excluding carboxylic acids is 1. The van der Waals surface area contributed by atoms with Gasteiger partial charge in [0.1, 0.15) is 0 Å². The van der Waals surface area contributed by atoms with Gasteiger partial charge < -0.3 is 24.4 Å². The highest BCUT2D eigenvalue weighted by molar-refractivity contribution is 5.91. The molecule has 0 unspecified atom stereocenters. The molecule has 0 spiro atoms. The zero-order chi connectivity index (χ0) is 12.0. The molecule has 0 aliphatic carbocycles.